The Morgan fingerprint density at radius 3 is 2.35 bits per heavy atom. The molecule has 0 atom stereocenters. The first-order valence-corrected chi connectivity index (χ1v) is 11.2. The molecule has 0 aliphatic rings. The van der Waals surface area contributed by atoms with Crippen molar-refractivity contribution in [2.75, 3.05) is 13.2 Å². The third kappa shape index (κ3) is 5.66. The van der Waals surface area contributed by atoms with E-state index in [-0.39, 0.29) is 23.8 Å². The highest BCUT2D eigenvalue weighted by molar-refractivity contribution is 5.79. The number of carbonyl (C=O) groups is 1. The van der Waals surface area contributed by atoms with E-state index in [1.165, 1.54) is 10.6 Å². The Labute approximate surface area is 200 Å². The molecule has 180 valence electrons. The van der Waals surface area contributed by atoms with Crippen LogP contribution < -0.4 is 20.3 Å². The fourth-order valence-corrected chi connectivity index (χ4v) is 3.61. The van der Waals surface area contributed by atoms with Gasteiger partial charge >= 0.3 is 0 Å². The smallest absolute Gasteiger partial charge is 0.257 e. The van der Waals surface area contributed by atoms with Crippen LogP contribution in [0.1, 0.15) is 37.5 Å². The second-order valence-electron chi connectivity index (χ2n) is 8.84. The summed E-state index contributed by atoms with van der Waals surface area (Å²) in [4.78, 5) is 24.4. The molecule has 0 fully saturated rings. The lowest BCUT2D eigenvalue weighted by atomic mass is 9.93. The molecule has 2 N–H and O–H groups in total. The van der Waals surface area contributed by atoms with Crippen LogP contribution in [0.25, 0.3) is 11.1 Å². The number of aryl methyl sites for hydroxylation is 3. The van der Waals surface area contributed by atoms with Crippen molar-refractivity contribution in [3.05, 3.63) is 75.7 Å². The zero-order valence-electron chi connectivity index (χ0n) is 20.6. The largest absolute Gasteiger partial charge is 0.483 e. The third-order valence-electron chi connectivity index (χ3n) is 5.52. The first-order chi connectivity index (χ1) is 16.0. The second kappa shape index (κ2) is 10.1. The van der Waals surface area contributed by atoms with Gasteiger partial charge in [-0.1, -0.05) is 24.3 Å². The molecule has 0 aliphatic carbocycles. The number of carbonyl (C=O) groups excluding carboxylic acids is 1. The Balaban J connectivity index is 2.19. The van der Waals surface area contributed by atoms with Crippen LogP contribution in [0.4, 0.5) is 0 Å². The number of hydrogen-bond donors (Lipinski definition) is 2. The molecule has 0 spiro atoms. The summed E-state index contributed by atoms with van der Waals surface area (Å²) in [6.45, 7) is 9.41. The van der Waals surface area contributed by atoms with Crippen molar-refractivity contribution in [2.24, 2.45) is 7.05 Å². The molecule has 1 amide bonds. The number of likely N-dealkylation sites (N-methyl/N-ethyl adjacent to an activating group) is 1. The monoisotopic (exact) mass is 464 g/mol. The topological polar surface area (TPSA) is 89.8 Å². The number of para-hydroxylation sites is 1. The van der Waals surface area contributed by atoms with E-state index in [1.807, 2.05) is 51.1 Å². The highest BCUT2D eigenvalue weighted by Gasteiger charge is 2.22. The molecular formula is C27H32N2O5. The number of pyridine rings is 1. The lowest BCUT2D eigenvalue weighted by Crippen LogP contribution is -2.29. The van der Waals surface area contributed by atoms with E-state index in [0.29, 0.717) is 29.0 Å². The van der Waals surface area contributed by atoms with Gasteiger partial charge in [0.2, 0.25) is 0 Å². The second-order valence-corrected chi connectivity index (χ2v) is 8.84. The van der Waals surface area contributed by atoms with Gasteiger partial charge in [-0.25, -0.2) is 0 Å². The van der Waals surface area contributed by atoms with E-state index >= 15 is 0 Å². The SMILES string of the molecule is CCNC(=O)COc1cc(=O)n(C)cc1-c1cc(C(C)(C)O)ccc1Oc1c(C)cccc1C. The van der Waals surface area contributed by atoms with E-state index in [2.05, 4.69) is 5.32 Å². The summed E-state index contributed by atoms with van der Waals surface area (Å²) in [6.07, 6.45) is 1.65. The van der Waals surface area contributed by atoms with Crippen molar-refractivity contribution in [1.29, 1.82) is 0 Å². The van der Waals surface area contributed by atoms with Gasteiger partial charge in [0.05, 0.1) is 5.60 Å². The maximum Gasteiger partial charge on any atom is 0.257 e. The minimum Gasteiger partial charge on any atom is -0.483 e. The molecule has 3 aromatic rings. The fraction of sp³-hybridized carbons (Fsp3) is 0.333. The molecule has 3 rings (SSSR count). The highest BCUT2D eigenvalue weighted by Crippen LogP contribution is 2.41. The Bertz CT molecular complexity index is 1230. The molecule has 0 unspecified atom stereocenters. The highest BCUT2D eigenvalue weighted by atomic mass is 16.5. The zero-order chi connectivity index (χ0) is 25.0. The Morgan fingerprint density at radius 2 is 1.74 bits per heavy atom. The van der Waals surface area contributed by atoms with Crippen LogP contribution in [0.3, 0.4) is 0 Å². The quantitative estimate of drug-likeness (QED) is 0.521. The van der Waals surface area contributed by atoms with Crippen LogP contribution >= 0.6 is 0 Å². The number of rotatable bonds is 8. The lowest BCUT2D eigenvalue weighted by Gasteiger charge is -2.22. The van der Waals surface area contributed by atoms with Crippen LogP contribution in [-0.2, 0) is 17.4 Å². The first-order valence-electron chi connectivity index (χ1n) is 11.2. The van der Waals surface area contributed by atoms with E-state index in [0.717, 1.165) is 16.9 Å². The summed E-state index contributed by atoms with van der Waals surface area (Å²) in [5.74, 6) is 1.24. The molecule has 1 heterocycles. The number of ether oxygens (including phenoxy) is 2. The zero-order valence-corrected chi connectivity index (χ0v) is 20.6. The normalized spacial score (nSPS) is 11.3. The minimum absolute atomic E-state index is 0.230. The van der Waals surface area contributed by atoms with Crippen molar-refractivity contribution >= 4 is 5.91 Å². The molecule has 0 saturated carbocycles. The van der Waals surface area contributed by atoms with Crippen LogP contribution in [0.5, 0.6) is 17.2 Å². The standard InChI is InChI=1S/C27H32N2O5/c1-7-28-24(30)16-33-23-14-25(31)29(6)15-21(23)20-13-19(27(4,5)32)11-12-22(20)34-26-17(2)9-8-10-18(26)3/h8-15,32H,7,16H2,1-6H3,(H,28,30). The molecular weight excluding hydrogens is 432 g/mol. The van der Waals surface area contributed by atoms with Gasteiger partial charge in [0.25, 0.3) is 11.5 Å². The molecule has 7 heteroatoms. The molecule has 0 aliphatic heterocycles. The minimum atomic E-state index is -1.10. The number of nitrogens with zero attached hydrogens (tertiary/aromatic N) is 1. The average Bonchev–Trinajstić information content (AvgIpc) is 2.76. The van der Waals surface area contributed by atoms with Crippen LogP contribution in [0.15, 0.2) is 53.5 Å². The van der Waals surface area contributed by atoms with Crippen LogP contribution in [0, 0.1) is 13.8 Å². The van der Waals surface area contributed by atoms with Gasteiger partial charge < -0.3 is 24.5 Å². The Kier molecular flexibility index (Phi) is 7.47. The van der Waals surface area contributed by atoms with Crippen LogP contribution in [-0.4, -0.2) is 28.7 Å². The Morgan fingerprint density at radius 1 is 1.06 bits per heavy atom. The fourth-order valence-electron chi connectivity index (χ4n) is 3.61. The molecule has 0 saturated heterocycles. The lowest BCUT2D eigenvalue weighted by molar-refractivity contribution is -0.122. The predicted molar refractivity (Wildman–Crippen MR) is 133 cm³/mol. The summed E-state index contributed by atoms with van der Waals surface area (Å²) in [5.41, 5.74) is 2.44. The summed E-state index contributed by atoms with van der Waals surface area (Å²) in [7, 11) is 1.64. The van der Waals surface area contributed by atoms with Gasteiger partial charge in [-0.2, -0.15) is 0 Å². The molecule has 2 aromatic carbocycles. The van der Waals surface area contributed by atoms with E-state index in [4.69, 9.17) is 9.47 Å². The molecule has 7 nitrogen and oxygen atoms in total. The van der Waals surface area contributed by atoms with Crippen molar-refractivity contribution in [3.8, 4) is 28.4 Å². The molecule has 1 aromatic heterocycles. The molecule has 34 heavy (non-hydrogen) atoms. The third-order valence-corrected chi connectivity index (χ3v) is 5.52. The van der Waals surface area contributed by atoms with Gasteiger partial charge in [0.15, 0.2) is 6.61 Å². The van der Waals surface area contributed by atoms with Gasteiger partial charge in [0, 0.05) is 37.0 Å². The molecule has 0 radical (unpaired) electrons. The number of nitrogens with one attached hydrogen (secondary N) is 1. The maximum atomic E-state index is 12.4. The van der Waals surface area contributed by atoms with Crippen molar-refractivity contribution < 1.29 is 19.4 Å². The summed E-state index contributed by atoms with van der Waals surface area (Å²) >= 11 is 0. The summed E-state index contributed by atoms with van der Waals surface area (Å²) in [6, 6.07) is 12.7. The number of aliphatic hydroxyl groups is 1. The number of benzene rings is 2. The van der Waals surface area contributed by atoms with E-state index in [1.54, 1.807) is 33.2 Å². The van der Waals surface area contributed by atoms with E-state index < -0.39 is 5.60 Å². The van der Waals surface area contributed by atoms with E-state index in [9.17, 15) is 14.7 Å². The van der Waals surface area contributed by atoms with Crippen molar-refractivity contribution in [2.45, 2.75) is 40.2 Å². The maximum absolute atomic E-state index is 12.4. The predicted octanol–water partition coefficient (Wildman–Crippen LogP) is 4.20. The van der Waals surface area contributed by atoms with Gasteiger partial charge in [-0.15, -0.1) is 0 Å². The van der Waals surface area contributed by atoms with Gasteiger partial charge in [0.1, 0.15) is 17.2 Å². The summed E-state index contributed by atoms with van der Waals surface area (Å²) in [5, 5.41) is 13.3. The van der Waals surface area contributed by atoms with Crippen LogP contribution in [0.2, 0.25) is 0 Å². The average molecular weight is 465 g/mol. The molecule has 0 bridgehead atoms. The van der Waals surface area contributed by atoms with Gasteiger partial charge in [-0.05, 0) is 63.4 Å². The Hall–Kier alpha value is -3.58. The van der Waals surface area contributed by atoms with Crippen molar-refractivity contribution in [1.82, 2.24) is 9.88 Å². The number of hydrogen-bond acceptors (Lipinski definition) is 5. The van der Waals surface area contributed by atoms with Crippen molar-refractivity contribution in [3.63, 3.8) is 0 Å². The number of amides is 1. The number of aromatic nitrogens is 1. The van der Waals surface area contributed by atoms with Gasteiger partial charge in [-0.3, -0.25) is 9.59 Å². The first kappa shape index (κ1) is 25.1. The summed E-state index contributed by atoms with van der Waals surface area (Å²) < 4.78 is 13.6.